The number of hydrogen-bond acceptors (Lipinski definition) is 6. The first kappa shape index (κ1) is 19.9. The maximum absolute atomic E-state index is 12.6. The number of benzene rings is 2. The standard InChI is InChI=1S/C23H21NO5/c1-27-20-13-5-4-11-18(20)16-9-8-10-17(15-16)24-14-7-6-12-19(22(25)28-2)21(24)23(26)29-3/h4-15H,1-3H3. The lowest BCUT2D eigenvalue weighted by Gasteiger charge is -2.23. The first-order chi connectivity index (χ1) is 14.1. The van der Waals surface area contributed by atoms with Crippen LogP contribution in [0.2, 0.25) is 0 Å². The molecule has 0 spiro atoms. The second kappa shape index (κ2) is 8.93. The Balaban J connectivity index is 2.15. The van der Waals surface area contributed by atoms with Gasteiger partial charge in [-0.05, 0) is 35.9 Å². The fourth-order valence-electron chi connectivity index (χ4n) is 3.07. The number of rotatable bonds is 5. The fourth-order valence-corrected chi connectivity index (χ4v) is 3.07. The van der Waals surface area contributed by atoms with E-state index in [9.17, 15) is 9.59 Å². The summed E-state index contributed by atoms with van der Waals surface area (Å²) in [6, 6.07) is 15.2. The molecule has 0 unspecified atom stereocenters. The topological polar surface area (TPSA) is 65.1 Å². The van der Waals surface area contributed by atoms with E-state index in [1.807, 2.05) is 48.5 Å². The molecule has 3 rings (SSSR count). The van der Waals surface area contributed by atoms with Crippen molar-refractivity contribution in [3.8, 4) is 16.9 Å². The minimum atomic E-state index is -0.649. The van der Waals surface area contributed by atoms with E-state index in [0.717, 1.165) is 16.9 Å². The number of carbonyl (C=O) groups is 2. The second-order valence-electron chi connectivity index (χ2n) is 6.07. The summed E-state index contributed by atoms with van der Waals surface area (Å²) in [4.78, 5) is 26.5. The predicted octanol–water partition coefficient (Wildman–Crippen LogP) is 3.85. The molecule has 1 aliphatic heterocycles. The van der Waals surface area contributed by atoms with Crippen molar-refractivity contribution in [1.82, 2.24) is 0 Å². The summed E-state index contributed by atoms with van der Waals surface area (Å²) >= 11 is 0. The molecule has 0 saturated heterocycles. The number of ether oxygens (including phenoxy) is 3. The number of para-hydroxylation sites is 1. The van der Waals surface area contributed by atoms with Crippen molar-refractivity contribution in [3.05, 3.63) is 84.2 Å². The molecule has 0 radical (unpaired) electrons. The number of hydrogen-bond donors (Lipinski definition) is 0. The van der Waals surface area contributed by atoms with Crippen molar-refractivity contribution in [2.45, 2.75) is 0 Å². The predicted molar refractivity (Wildman–Crippen MR) is 110 cm³/mol. The highest BCUT2D eigenvalue weighted by molar-refractivity contribution is 6.05. The van der Waals surface area contributed by atoms with Crippen LogP contribution in [-0.4, -0.2) is 33.3 Å². The molecule has 0 saturated carbocycles. The third kappa shape index (κ3) is 4.06. The number of carbonyl (C=O) groups excluding carboxylic acids is 2. The summed E-state index contributed by atoms with van der Waals surface area (Å²) in [5.74, 6) is -0.544. The monoisotopic (exact) mass is 391 g/mol. The Morgan fingerprint density at radius 3 is 2.34 bits per heavy atom. The maximum atomic E-state index is 12.6. The number of methoxy groups -OCH3 is 3. The van der Waals surface area contributed by atoms with Gasteiger partial charge in [0.1, 0.15) is 11.4 Å². The molecule has 0 N–H and O–H groups in total. The Morgan fingerprint density at radius 2 is 1.62 bits per heavy atom. The zero-order valence-electron chi connectivity index (χ0n) is 16.4. The quantitative estimate of drug-likeness (QED) is 0.722. The van der Waals surface area contributed by atoms with Gasteiger partial charge in [0, 0.05) is 17.5 Å². The van der Waals surface area contributed by atoms with Crippen molar-refractivity contribution < 1.29 is 23.8 Å². The molecule has 0 aliphatic carbocycles. The van der Waals surface area contributed by atoms with Gasteiger partial charge in [0.05, 0.1) is 26.9 Å². The van der Waals surface area contributed by atoms with Crippen LogP contribution in [0.15, 0.2) is 84.2 Å². The molecule has 2 aromatic carbocycles. The molecule has 2 aromatic rings. The molecule has 6 nitrogen and oxygen atoms in total. The molecule has 0 amide bonds. The van der Waals surface area contributed by atoms with Gasteiger partial charge in [-0.2, -0.15) is 0 Å². The van der Waals surface area contributed by atoms with Crippen LogP contribution in [0.3, 0.4) is 0 Å². The summed E-state index contributed by atoms with van der Waals surface area (Å²) < 4.78 is 15.3. The van der Waals surface area contributed by atoms with Crippen LogP contribution in [0.5, 0.6) is 5.75 Å². The van der Waals surface area contributed by atoms with E-state index in [0.29, 0.717) is 5.69 Å². The average Bonchev–Trinajstić information content (AvgIpc) is 3.01. The molecular weight excluding hydrogens is 370 g/mol. The lowest BCUT2D eigenvalue weighted by molar-refractivity contribution is -0.139. The van der Waals surface area contributed by atoms with E-state index in [-0.39, 0.29) is 11.3 Å². The minimum absolute atomic E-state index is 0.0709. The Morgan fingerprint density at radius 1 is 0.862 bits per heavy atom. The van der Waals surface area contributed by atoms with E-state index in [1.165, 1.54) is 20.3 Å². The van der Waals surface area contributed by atoms with E-state index < -0.39 is 11.9 Å². The molecule has 29 heavy (non-hydrogen) atoms. The highest BCUT2D eigenvalue weighted by atomic mass is 16.5. The van der Waals surface area contributed by atoms with Gasteiger partial charge in [0.25, 0.3) is 0 Å². The van der Waals surface area contributed by atoms with Crippen molar-refractivity contribution in [1.29, 1.82) is 0 Å². The van der Waals surface area contributed by atoms with Gasteiger partial charge in [0.15, 0.2) is 0 Å². The molecule has 148 valence electrons. The van der Waals surface area contributed by atoms with Gasteiger partial charge in [-0.1, -0.05) is 36.4 Å². The summed E-state index contributed by atoms with van der Waals surface area (Å²) in [6.07, 6.45) is 6.62. The van der Waals surface area contributed by atoms with Crippen LogP contribution in [0.1, 0.15) is 0 Å². The highest BCUT2D eigenvalue weighted by Gasteiger charge is 2.27. The molecule has 0 aromatic heterocycles. The van der Waals surface area contributed by atoms with Gasteiger partial charge in [-0.3, -0.25) is 0 Å². The minimum Gasteiger partial charge on any atom is -0.496 e. The molecule has 0 bridgehead atoms. The lowest BCUT2D eigenvalue weighted by Crippen LogP contribution is -2.26. The molecule has 1 aliphatic rings. The van der Waals surface area contributed by atoms with Gasteiger partial charge in [-0.15, -0.1) is 0 Å². The number of allylic oxidation sites excluding steroid dienone is 2. The van der Waals surface area contributed by atoms with Crippen LogP contribution >= 0.6 is 0 Å². The van der Waals surface area contributed by atoms with Gasteiger partial charge in [0.2, 0.25) is 0 Å². The van der Waals surface area contributed by atoms with Crippen LogP contribution in [0, 0.1) is 0 Å². The summed E-state index contributed by atoms with van der Waals surface area (Å²) in [5, 5.41) is 0. The number of anilines is 1. The zero-order chi connectivity index (χ0) is 20.8. The summed E-state index contributed by atoms with van der Waals surface area (Å²) in [6.45, 7) is 0. The van der Waals surface area contributed by atoms with Crippen molar-refractivity contribution in [2.24, 2.45) is 0 Å². The summed E-state index contributed by atoms with van der Waals surface area (Å²) in [5.41, 5.74) is 2.66. The Labute approximate surface area is 169 Å². The molecule has 1 heterocycles. The summed E-state index contributed by atoms with van der Waals surface area (Å²) in [7, 11) is 4.15. The average molecular weight is 391 g/mol. The highest BCUT2D eigenvalue weighted by Crippen LogP contribution is 2.34. The molecule has 0 atom stereocenters. The van der Waals surface area contributed by atoms with Crippen LogP contribution in [0.25, 0.3) is 11.1 Å². The van der Waals surface area contributed by atoms with E-state index >= 15 is 0 Å². The van der Waals surface area contributed by atoms with E-state index in [2.05, 4.69) is 0 Å². The maximum Gasteiger partial charge on any atom is 0.355 e. The van der Waals surface area contributed by atoms with Gasteiger partial charge in [-0.25, -0.2) is 9.59 Å². The first-order valence-corrected chi connectivity index (χ1v) is 8.89. The third-order valence-electron chi connectivity index (χ3n) is 4.43. The third-order valence-corrected chi connectivity index (χ3v) is 4.43. The van der Waals surface area contributed by atoms with Gasteiger partial charge < -0.3 is 19.1 Å². The second-order valence-corrected chi connectivity index (χ2v) is 6.07. The Kier molecular flexibility index (Phi) is 6.14. The first-order valence-electron chi connectivity index (χ1n) is 8.89. The number of esters is 2. The van der Waals surface area contributed by atoms with Crippen molar-refractivity contribution in [2.75, 3.05) is 26.2 Å². The fraction of sp³-hybridized carbons (Fsp3) is 0.130. The lowest BCUT2D eigenvalue weighted by atomic mass is 10.0. The normalized spacial score (nSPS) is 13.1. The molecule has 6 heteroatoms. The SMILES string of the molecule is COC(=O)C1=C(C(=O)OC)N(c2cccc(-c3ccccc3OC)c2)C=CC=C1. The molecular formula is C23H21NO5. The van der Waals surface area contributed by atoms with E-state index in [4.69, 9.17) is 14.2 Å². The Bertz CT molecular complexity index is 1020. The van der Waals surface area contributed by atoms with Crippen LogP contribution in [-0.2, 0) is 19.1 Å². The van der Waals surface area contributed by atoms with Gasteiger partial charge >= 0.3 is 11.9 Å². The number of nitrogens with zero attached hydrogens (tertiary/aromatic N) is 1. The smallest absolute Gasteiger partial charge is 0.355 e. The van der Waals surface area contributed by atoms with Crippen molar-refractivity contribution in [3.63, 3.8) is 0 Å². The van der Waals surface area contributed by atoms with E-state index in [1.54, 1.807) is 30.4 Å². The Hall–Kier alpha value is -3.80. The molecule has 0 fully saturated rings. The van der Waals surface area contributed by atoms with Crippen molar-refractivity contribution >= 4 is 17.6 Å². The zero-order valence-corrected chi connectivity index (χ0v) is 16.4. The largest absolute Gasteiger partial charge is 0.496 e. The van der Waals surface area contributed by atoms with Crippen LogP contribution < -0.4 is 9.64 Å². The van der Waals surface area contributed by atoms with Crippen LogP contribution in [0.4, 0.5) is 5.69 Å².